The number of carbonyl (C=O) groups is 1. The molecular weight excluding hydrogens is 801 g/mol. The standard InChI is InChI=1S/C24H30F3NO6.C11H7F3INO/c1-3-11-31-21(23(29)30)14-33-19-6-4-5-18(12-19)32-13-20-15(2)34-22(28-20)16-7-9-17(10-8-16)24(25,26)27;12-11(13,14)8-3-1-7(2-4-8)10-16-9(5-15)6-17-10/h7-10,18-19,21H,3-6,11-14H2,1-2H3,(H,29,30);1-4,6H,5H2/t18-,19+,21?;/m0./s1. The van der Waals surface area contributed by atoms with Crippen LogP contribution < -0.4 is 0 Å². The van der Waals surface area contributed by atoms with Crippen LogP contribution in [-0.4, -0.2) is 52.6 Å². The highest BCUT2D eigenvalue weighted by atomic mass is 127. The molecule has 1 saturated carbocycles. The van der Waals surface area contributed by atoms with Crippen molar-refractivity contribution in [1.29, 1.82) is 0 Å². The first-order chi connectivity index (χ1) is 24.2. The average molecular weight is 839 g/mol. The van der Waals surface area contributed by atoms with E-state index in [1.165, 1.54) is 30.5 Å². The van der Waals surface area contributed by atoms with Gasteiger partial charge in [0.15, 0.2) is 6.10 Å². The van der Waals surface area contributed by atoms with Gasteiger partial charge in [-0.05, 0) is 87.6 Å². The van der Waals surface area contributed by atoms with Gasteiger partial charge in [-0.25, -0.2) is 14.8 Å². The summed E-state index contributed by atoms with van der Waals surface area (Å²) in [6.45, 7) is 4.19. The van der Waals surface area contributed by atoms with Crippen LogP contribution in [-0.2, 0) is 42.4 Å². The molecule has 1 aliphatic rings. The van der Waals surface area contributed by atoms with Crippen LogP contribution in [0.25, 0.3) is 22.9 Å². The predicted octanol–water partition coefficient (Wildman–Crippen LogP) is 9.69. The third kappa shape index (κ3) is 12.0. The molecule has 4 aromatic rings. The summed E-state index contributed by atoms with van der Waals surface area (Å²) >= 11 is 2.13. The van der Waals surface area contributed by atoms with Gasteiger partial charge in [-0.2, -0.15) is 26.3 Å². The molecule has 1 aliphatic carbocycles. The minimum Gasteiger partial charge on any atom is -0.479 e. The smallest absolute Gasteiger partial charge is 0.416 e. The van der Waals surface area contributed by atoms with Crippen molar-refractivity contribution < 1.29 is 59.3 Å². The molecule has 278 valence electrons. The minimum atomic E-state index is -4.40. The lowest BCUT2D eigenvalue weighted by molar-refractivity contribution is -0.157. The molecule has 0 spiro atoms. The molecule has 0 aliphatic heterocycles. The molecule has 51 heavy (non-hydrogen) atoms. The first kappa shape index (κ1) is 40.3. The monoisotopic (exact) mass is 838 g/mol. The van der Waals surface area contributed by atoms with E-state index in [2.05, 4.69) is 32.6 Å². The number of halogens is 7. The Hall–Kier alpha value is -3.48. The lowest BCUT2D eigenvalue weighted by atomic mass is 9.95. The summed E-state index contributed by atoms with van der Waals surface area (Å²) in [6, 6.07) is 9.39. The average Bonchev–Trinajstić information content (AvgIpc) is 3.74. The summed E-state index contributed by atoms with van der Waals surface area (Å²) in [5.74, 6) is 0.0742. The van der Waals surface area contributed by atoms with Gasteiger partial charge in [0, 0.05) is 22.2 Å². The quantitative estimate of drug-likeness (QED) is 0.0798. The van der Waals surface area contributed by atoms with Crippen LogP contribution >= 0.6 is 22.6 Å². The summed E-state index contributed by atoms with van der Waals surface area (Å²) in [7, 11) is 0. The molecule has 0 saturated heterocycles. The zero-order valence-corrected chi connectivity index (χ0v) is 29.9. The van der Waals surface area contributed by atoms with Crippen LogP contribution in [0.1, 0.15) is 67.3 Å². The highest BCUT2D eigenvalue weighted by Crippen LogP contribution is 2.33. The fourth-order valence-corrected chi connectivity index (χ4v) is 5.42. The Balaban J connectivity index is 0.000000286. The van der Waals surface area contributed by atoms with Crippen LogP contribution in [0.4, 0.5) is 26.3 Å². The number of rotatable bonds is 13. The molecule has 2 heterocycles. The van der Waals surface area contributed by atoms with Crippen molar-refractivity contribution in [1.82, 2.24) is 9.97 Å². The molecule has 3 atom stereocenters. The number of alkyl halides is 7. The van der Waals surface area contributed by atoms with Crippen LogP contribution in [0.2, 0.25) is 0 Å². The maximum atomic E-state index is 12.8. The zero-order chi connectivity index (χ0) is 37.2. The fourth-order valence-electron chi connectivity index (χ4n) is 5.07. The van der Waals surface area contributed by atoms with Crippen LogP contribution in [0, 0.1) is 6.92 Å². The number of nitrogens with zero attached hydrogens (tertiary/aromatic N) is 2. The minimum absolute atomic E-state index is 0.00833. The van der Waals surface area contributed by atoms with Crippen molar-refractivity contribution in [3.8, 4) is 22.9 Å². The number of carboxylic acid groups (broad SMARTS) is 1. The number of ether oxygens (including phenoxy) is 3. The van der Waals surface area contributed by atoms with E-state index < -0.39 is 35.6 Å². The third-order valence-electron chi connectivity index (χ3n) is 7.82. The normalized spacial score (nSPS) is 17.1. The fraction of sp³-hybridized carbons (Fsp3) is 0.457. The number of hydrogen-bond donors (Lipinski definition) is 1. The van der Waals surface area contributed by atoms with Crippen LogP contribution in [0.3, 0.4) is 0 Å². The first-order valence-corrected chi connectivity index (χ1v) is 17.6. The van der Waals surface area contributed by atoms with E-state index in [-0.39, 0.29) is 31.3 Å². The summed E-state index contributed by atoms with van der Waals surface area (Å²) in [6.07, 6.45) is -4.49. The molecule has 0 amide bonds. The molecule has 5 rings (SSSR count). The molecule has 16 heteroatoms. The van der Waals surface area contributed by atoms with E-state index in [0.717, 1.165) is 55.6 Å². The summed E-state index contributed by atoms with van der Waals surface area (Å²) in [5.41, 5.74) is 0.920. The molecule has 1 unspecified atom stereocenters. The van der Waals surface area contributed by atoms with E-state index >= 15 is 0 Å². The number of aryl methyl sites for hydroxylation is 1. The Kier molecular flexibility index (Phi) is 14.5. The number of aliphatic carboxylic acids is 1. The molecule has 1 fully saturated rings. The van der Waals surface area contributed by atoms with Crippen LogP contribution in [0.15, 0.2) is 63.6 Å². The van der Waals surface area contributed by atoms with E-state index in [0.29, 0.717) is 45.9 Å². The van der Waals surface area contributed by atoms with Crippen molar-refractivity contribution in [3.63, 3.8) is 0 Å². The number of carboxylic acids is 1. The summed E-state index contributed by atoms with van der Waals surface area (Å²) in [5, 5.41) is 9.26. The second-order valence-corrected chi connectivity index (χ2v) is 12.5. The summed E-state index contributed by atoms with van der Waals surface area (Å²) in [4.78, 5) is 19.8. The van der Waals surface area contributed by atoms with Gasteiger partial charge >= 0.3 is 18.3 Å². The zero-order valence-electron chi connectivity index (χ0n) is 27.7. The number of benzene rings is 2. The SMILES string of the molecule is CCCOC(CO[C@@H]1CCC[C@H](OCc2nc(-c3ccc(C(F)(F)F)cc3)oc2C)C1)C(=O)O.FC(F)(F)c1ccc(-c2nc(CI)co2)cc1. The highest BCUT2D eigenvalue weighted by molar-refractivity contribution is 14.1. The van der Waals surface area contributed by atoms with Gasteiger partial charge in [0.2, 0.25) is 11.8 Å². The Morgan fingerprint density at radius 1 is 0.922 bits per heavy atom. The molecule has 2 aromatic carbocycles. The van der Waals surface area contributed by atoms with Gasteiger partial charge in [0.1, 0.15) is 17.7 Å². The van der Waals surface area contributed by atoms with Crippen molar-refractivity contribution in [3.05, 3.63) is 83.1 Å². The molecule has 1 N–H and O–H groups in total. The molecule has 0 bridgehead atoms. The molecule has 0 radical (unpaired) electrons. The van der Waals surface area contributed by atoms with E-state index in [1.54, 1.807) is 6.92 Å². The highest BCUT2D eigenvalue weighted by Gasteiger charge is 2.31. The topological polar surface area (TPSA) is 117 Å². The van der Waals surface area contributed by atoms with E-state index in [9.17, 15) is 36.2 Å². The third-order valence-corrected chi connectivity index (χ3v) is 8.60. The molecular formula is C35H37F6IN2O7. The Labute approximate surface area is 303 Å². The second-order valence-electron chi connectivity index (χ2n) is 11.7. The Morgan fingerprint density at radius 3 is 2.00 bits per heavy atom. The van der Waals surface area contributed by atoms with Gasteiger partial charge in [-0.15, -0.1) is 0 Å². The van der Waals surface area contributed by atoms with Gasteiger partial charge < -0.3 is 28.2 Å². The lowest BCUT2D eigenvalue weighted by Crippen LogP contribution is -2.34. The largest absolute Gasteiger partial charge is 0.479 e. The summed E-state index contributed by atoms with van der Waals surface area (Å²) < 4.78 is 104. The number of aromatic nitrogens is 2. The van der Waals surface area contributed by atoms with E-state index in [1.807, 2.05) is 6.92 Å². The first-order valence-electron chi connectivity index (χ1n) is 16.1. The maximum absolute atomic E-state index is 12.8. The van der Waals surface area contributed by atoms with Gasteiger partial charge in [0.05, 0.1) is 42.2 Å². The predicted molar refractivity (Wildman–Crippen MR) is 181 cm³/mol. The Morgan fingerprint density at radius 2 is 1.49 bits per heavy atom. The van der Waals surface area contributed by atoms with Crippen LogP contribution in [0.5, 0.6) is 0 Å². The Bertz CT molecular complexity index is 1670. The van der Waals surface area contributed by atoms with Gasteiger partial charge in [0.25, 0.3) is 0 Å². The molecule has 2 aromatic heterocycles. The van der Waals surface area contributed by atoms with E-state index in [4.69, 9.17) is 23.0 Å². The second kappa shape index (κ2) is 18.3. The lowest BCUT2D eigenvalue weighted by Gasteiger charge is -2.29. The van der Waals surface area contributed by atoms with Crippen molar-refractivity contribution in [2.75, 3.05) is 13.2 Å². The van der Waals surface area contributed by atoms with Gasteiger partial charge in [-0.3, -0.25) is 0 Å². The van der Waals surface area contributed by atoms with Crippen molar-refractivity contribution >= 4 is 28.6 Å². The molecule has 9 nitrogen and oxygen atoms in total. The van der Waals surface area contributed by atoms with Gasteiger partial charge in [-0.1, -0.05) is 29.5 Å². The van der Waals surface area contributed by atoms with Crippen molar-refractivity contribution in [2.45, 2.75) is 87.7 Å². The number of oxazole rings is 2. The number of hydrogen-bond acceptors (Lipinski definition) is 8. The maximum Gasteiger partial charge on any atom is 0.416 e. The van der Waals surface area contributed by atoms with Crippen molar-refractivity contribution in [2.24, 2.45) is 0 Å².